The fourth-order valence-corrected chi connectivity index (χ4v) is 8.84. The molecule has 4 rings (SSSR count). The Hall–Kier alpha value is -3.53. The van der Waals surface area contributed by atoms with Crippen LogP contribution >= 0.6 is 0 Å². The molecule has 0 aliphatic carbocycles. The minimum absolute atomic E-state index is 0.0559. The molecular formula is C31H31F4NO3Si. The van der Waals surface area contributed by atoms with Gasteiger partial charge in [-0.05, 0) is 52.5 Å². The highest BCUT2D eigenvalue weighted by Crippen LogP contribution is 2.43. The van der Waals surface area contributed by atoms with Gasteiger partial charge >= 0.3 is 6.18 Å². The van der Waals surface area contributed by atoms with E-state index in [0.717, 1.165) is 22.5 Å². The summed E-state index contributed by atoms with van der Waals surface area (Å²) in [5.41, 5.74) is -2.06. The van der Waals surface area contributed by atoms with Crippen LogP contribution in [-0.2, 0) is 6.18 Å². The summed E-state index contributed by atoms with van der Waals surface area (Å²) in [5.74, 6) is -0.478. The molecule has 40 heavy (non-hydrogen) atoms. The first-order valence-corrected chi connectivity index (χ1v) is 14.8. The average molecular weight is 570 g/mol. The van der Waals surface area contributed by atoms with E-state index in [9.17, 15) is 27.5 Å². The highest BCUT2D eigenvalue weighted by molar-refractivity contribution is 6.98. The highest BCUT2D eigenvalue weighted by Gasteiger charge is 2.50. The maximum atomic E-state index is 14.5. The summed E-state index contributed by atoms with van der Waals surface area (Å²) in [7, 11) is -2.05. The number of aliphatic hydroxyl groups excluding tert-OH is 1. The van der Waals surface area contributed by atoms with Crippen LogP contribution in [0.4, 0.5) is 17.6 Å². The van der Waals surface area contributed by atoms with Crippen LogP contribution in [0.2, 0.25) is 5.04 Å². The van der Waals surface area contributed by atoms with Gasteiger partial charge in [0.05, 0.1) is 18.9 Å². The molecule has 1 aromatic heterocycles. The van der Waals surface area contributed by atoms with Gasteiger partial charge in [0.2, 0.25) is 0 Å². The van der Waals surface area contributed by atoms with E-state index in [1.165, 1.54) is 25.3 Å². The van der Waals surface area contributed by atoms with Crippen molar-refractivity contribution >= 4 is 18.7 Å². The third kappa shape index (κ3) is 5.82. The fraction of sp³-hybridized carbons (Fsp3) is 0.258. The molecule has 4 nitrogen and oxygen atoms in total. The molecule has 4 aromatic rings. The summed E-state index contributed by atoms with van der Waals surface area (Å²) in [5, 5.41) is 11.8. The summed E-state index contributed by atoms with van der Waals surface area (Å²) in [4.78, 5) is 16.0. The summed E-state index contributed by atoms with van der Waals surface area (Å²) >= 11 is 0. The molecule has 0 aliphatic heterocycles. The van der Waals surface area contributed by atoms with Gasteiger partial charge in [-0.25, -0.2) is 9.37 Å². The highest BCUT2D eigenvalue weighted by atomic mass is 28.4. The molecule has 0 bridgehead atoms. The number of alkyl halides is 3. The number of aromatic nitrogens is 1. The molecule has 210 valence electrons. The van der Waals surface area contributed by atoms with Crippen molar-refractivity contribution in [3.8, 4) is 17.0 Å². The van der Waals surface area contributed by atoms with Crippen molar-refractivity contribution in [2.45, 2.75) is 44.0 Å². The van der Waals surface area contributed by atoms with Crippen LogP contribution in [0.25, 0.3) is 11.3 Å². The number of pyridine rings is 1. The van der Waals surface area contributed by atoms with Crippen LogP contribution in [0.1, 0.15) is 44.1 Å². The number of methoxy groups -OCH3 is 1. The van der Waals surface area contributed by atoms with Gasteiger partial charge in [-0.1, -0.05) is 80.6 Å². The second-order valence-corrected chi connectivity index (χ2v) is 14.3. The van der Waals surface area contributed by atoms with Gasteiger partial charge in [0.25, 0.3) is 8.32 Å². The molecule has 9 heteroatoms. The van der Waals surface area contributed by atoms with Gasteiger partial charge in [0.15, 0.2) is 5.69 Å². The first-order chi connectivity index (χ1) is 18.9. The predicted molar refractivity (Wildman–Crippen MR) is 150 cm³/mol. The van der Waals surface area contributed by atoms with Crippen LogP contribution in [0.15, 0.2) is 91.0 Å². The summed E-state index contributed by atoms with van der Waals surface area (Å²) < 4.78 is 61.9. The smallest absolute Gasteiger partial charge is 0.433 e. The lowest BCUT2D eigenvalue weighted by molar-refractivity contribution is -0.142. The molecule has 0 saturated carbocycles. The molecule has 1 heterocycles. The zero-order valence-corrected chi connectivity index (χ0v) is 23.4. The van der Waals surface area contributed by atoms with Crippen molar-refractivity contribution in [1.82, 2.24) is 4.98 Å². The number of hydrogen-bond acceptors (Lipinski definition) is 4. The number of benzene rings is 3. The lowest BCUT2D eigenvalue weighted by Crippen LogP contribution is -2.65. The number of nitrogens with zero attached hydrogens (tertiary/aromatic N) is 1. The maximum Gasteiger partial charge on any atom is 0.433 e. The van der Waals surface area contributed by atoms with Gasteiger partial charge < -0.3 is 14.6 Å². The number of halogens is 4. The second-order valence-electron chi connectivity index (χ2n) is 10.4. The lowest BCUT2D eigenvalue weighted by Gasteiger charge is -2.41. The molecular weight excluding hydrogens is 538 g/mol. The zero-order valence-electron chi connectivity index (χ0n) is 22.4. The van der Waals surface area contributed by atoms with Gasteiger partial charge in [-0.3, -0.25) is 0 Å². The third-order valence-corrected chi connectivity index (χ3v) is 12.0. The standard InChI is InChI=1S/C31H31F4NO3Si/c1-30(2,40(38,22-10-6-4-7-11-22)23-12-8-5-9-13-23)19-18-28(37)24-15-17-27(36-29(24)31(33,34)35)25-20-21(39-3)14-16-26(25)32/h4-17,20,28,37-38H,18-19H2,1-3H3/t28-/m1/s1. The Labute approximate surface area is 232 Å². The van der Waals surface area contributed by atoms with Crippen molar-refractivity contribution in [2.75, 3.05) is 7.11 Å². The Kier molecular flexibility index (Phi) is 8.48. The van der Waals surface area contributed by atoms with Gasteiger partial charge in [0.1, 0.15) is 11.6 Å². The largest absolute Gasteiger partial charge is 0.497 e. The van der Waals surface area contributed by atoms with Gasteiger partial charge in [0, 0.05) is 11.1 Å². The monoisotopic (exact) mass is 569 g/mol. The molecule has 0 radical (unpaired) electrons. The van der Waals surface area contributed by atoms with E-state index in [-0.39, 0.29) is 29.8 Å². The fourth-order valence-electron chi connectivity index (χ4n) is 5.08. The molecule has 0 amide bonds. The van der Waals surface area contributed by atoms with E-state index < -0.39 is 42.7 Å². The quantitative estimate of drug-likeness (QED) is 0.185. The molecule has 0 spiro atoms. The number of hydrogen-bond donors (Lipinski definition) is 2. The number of rotatable bonds is 9. The summed E-state index contributed by atoms with van der Waals surface area (Å²) in [6.07, 6.45) is -6.23. The predicted octanol–water partition coefficient (Wildman–Crippen LogP) is 6.26. The second kappa shape index (κ2) is 11.5. The van der Waals surface area contributed by atoms with E-state index in [1.807, 2.05) is 74.5 Å². The molecule has 1 atom stereocenters. The Balaban J connectivity index is 1.67. The molecule has 0 aliphatic rings. The summed E-state index contributed by atoms with van der Waals surface area (Å²) in [6, 6.07) is 24.6. The van der Waals surface area contributed by atoms with E-state index >= 15 is 0 Å². The van der Waals surface area contributed by atoms with Crippen LogP contribution in [-0.4, -0.2) is 30.3 Å². The number of ether oxygens (including phenoxy) is 1. The van der Waals surface area contributed by atoms with Gasteiger partial charge in [-0.15, -0.1) is 0 Å². The van der Waals surface area contributed by atoms with Crippen molar-refractivity contribution in [1.29, 1.82) is 0 Å². The Morgan fingerprint density at radius 1 is 0.875 bits per heavy atom. The Morgan fingerprint density at radius 2 is 1.45 bits per heavy atom. The molecule has 2 N–H and O–H groups in total. The van der Waals surface area contributed by atoms with Crippen molar-refractivity contribution in [3.05, 3.63) is 108 Å². The SMILES string of the molecule is COc1ccc(F)c(-c2ccc([C@H](O)CCC(C)(C)[Si](O)(c3ccccc3)c3ccccc3)c(C(F)(F)F)n2)c1. The zero-order chi connectivity index (χ0) is 29.1. The Morgan fingerprint density at radius 3 is 1.98 bits per heavy atom. The van der Waals surface area contributed by atoms with Crippen molar-refractivity contribution in [2.24, 2.45) is 0 Å². The van der Waals surface area contributed by atoms with E-state index in [4.69, 9.17) is 4.74 Å². The minimum atomic E-state index is -4.89. The first kappa shape index (κ1) is 29.4. The van der Waals surface area contributed by atoms with Crippen LogP contribution in [0, 0.1) is 5.82 Å². The molecule has 0 fully saturated rings. The lowest BCUT2D eigenvalue weighted by atomic mass is 9.97. The molecule has 0 saturated heterocycles. The number of aliphatic hydroxyl groups is 1. The maximum absolute atomic E-state index is 14.5. The van der Waals surface area contributed by atoms with Crippen LogP contribution in [0.5, 0.6) is 5.75 Å². The third-order valence-electron chi connectivity index (χ3n) is 7.41. The molecule has 3 aromatic carbocycles. The topological polar surface area (TPSA) is 62.6 Å². The van der Waals surface area contributed by atoms with E-state index in [1.54, 1.807) is 0 Å². The van der Waals surface area contributed by atoms with Crippen molar-refractivity contribution < 1.29 is 32.2 Å². The molecule has 0 unspecified atom stereocenters. The van der Waals surface area contributed by atoms with E-state index in [0.29, 0.717) is 0 Å². The van der Waals surface area contributed by atoms with Crippen molar-refractivity contribution in [3.63, 3.8) is 0 Å². The average Bonchev–Trinajstić information content (AvgIpc) is 2.96. The first-order valence-electron chi connectivity index (χ1n) is 12.8. The van der Waals surface area contributed by atoms with Crippen LogP contribution < -0.4 is 15.1 Å². The Bertz CT molecular complexity index is 1410. The van der Waals surface area contributed by atoms with Gasteiger partial charge in [-0.2, -0.15) is 13.2 Å². The van der Waals surface area contributed by atoms with Crippen LogP contribution in [0.3, 0.4) is 0 Å². The van der Waals surface area contributed by atoms with E-state index in [2.05, 4.69) is 4.98 Å². The summed E-state index contributed by atoms with van der Waals surface area (Å²) in [6.45, 7) is 3.76. The minimum Gasteiger partial charge on any atom is -0.497 e. The normalized spacial score (nSPS) is 13.2.